The van der Waals surface area contributed by atoms with Crippen molar-refractivity contribution < 1.29 is 22.0 Å². The van der Waals surface area contributed by atoms with Gasteiger partial charge in [-0.2, -0.15) is 0 Å². The highest BCUT2D eigenvalue weighted by molar-refractivity contribution is 6.31. The van der Waals surface area contributed by atoms with Crippen molar-refractivity contribution in [2.75, 3.05) is 4.90 Å². The van der Waals surface area contributed by atoms with Crippen LogP contribution in [0.25, 0.3) is 87.2 Å². The topological polar surface area (TPSA) is 3.24 Å². The molecule has 2 aliphatic rings. The summed E-state index contributed by atoms with van der Waals surface area (Å²) in [5.74, 6) is -9.68. The first-order valence-corrected chi connectivity index (χ1v) is 21.3. The summed E-state index contributed by atoms with van der Waals surface area (Å²) in [6, 6.07) is 51.3. The van der Waals surface area contributed by atoms with Gasteiger partial charge in [0.25, 0.3) is 0 Å². The van der Waals surface area contributed by atoms with Crippen molar-refractivity contribution in [3.8, 4) is 33.4 Å². The third kappa shape index (κ3) is 4.83. The summed E-state index contributed by atoms with van der Waals surface area (Å²) in [7, 11) is 0. The maximum absolute atomic E-state index is 15.9. The molecule has 2 atom stereocenters. The van der Waals surface area contributed by atoms with Crippen LogP contribution in [0.15, 0.2) is 146 Å². The Morgan fingerprint density at radius 2 is 0.952 bits per heavy atom. The molecule has 2 unspecified atom stereocenters. The molecule has 10 aromatic carbocycles. The van der Waals surface area contributed by atoms with Crippen LogP contribution in [0.2, 0.25) is 0 Å². The van der Waals surface area contributed by atoms with E-state index in [2.05, 4.69) is 140 Å². The molecule has 0 saturated heterocycles. The molecule has 0 bridgehead atoms. The van der Waals surface area contributed by atoms with E-state index < -0.39 is 45.7 Å². The molecule has 1 aliphatic heterocycles. The lowest BCUT2D eigenvalue weighted by molar-refractivity contribution is 0.192. The number of fused-ring (bicyclic) bond motifs is 5. The van der Waals surface area contributed by atoms with Crippen molar-refractivity contribution in [3.63, 3.8) is 0 Å². The largest absolute Gasteiger partial charge is 0.329 e. The summed E-state index contributed by atoms with van der Waals surface area (Å²) in [5, 5.41) is 11.4. The number of hydrogen-bond donors (Lipinski definition) is 0. The third-order valence-corrected chi connectivity index (χ3v) is 14.8. The van der Waals surface area contributed by atoms with E-state index >= 15 is 8.78 Å². The zero-order chi connectivity index (χ0) is 42.2. The highest BCUT2D eigenvalue weighted by Crippen LogP contribution is 2.62. The van der Waals surface area contributed by atoms with E-state index in [0.29, 0.717) is 18.5 Å². The first kappa shape index (κ1) is 37.0. The SMILES string of the molecule is CC12CCCCC1(C)N(c1c(F)c(F)c(F)c(F)c1F)c1ccc(-c3cc(-c4cccc5ccccc45)c4ccc5ccc(-c6cccc7ccccc67)c6ccc3c4c56)cc12. The molecule has 1 nitrogen and oxygen atoms in total. The molecule has 0 radical (unpaired) electrons. The molecular formula is C56H38F5N. The lowest BCUT2D eigenvalue weighted by Crippen LogP contribution is -2.55. The Kier molecular flexibility index (Phi) is 7.82. The van der Waals surface area contributed by atoms with Crippen LogP contribution in [0, 0.1) is 29.1 Å². The number of benzene rings is 10. The predicted molar refractivity (Wildman–Crippen MR) is 244 cm³/mol. The molecule has 0 aromatic heterocycles. The van der Waals surface area contributed by atoms with E-state index in [1.165, 1.54) is 21.1 Å². The average molecular weight is 820 g/mol. The highest BCUT2D eigenvalue weighted by atomic mass is 19.2. The monoisotopic (exact) mass is 819 g/mol. The summed E-state index contributed by atoms with van der Waals surface area (Å²) >= 11 is 0. The van der Waals surface area contributed by atoms with E-state index in [9.17, 15) is 13.2 Å². The molecule has 6 heteroatoms. The summed E-state index contributed by atoms with van der Waals surface area (Å²) in [5.41, 5.74) is 5.13. The van der Waals surface area contributed by atoms with E-state index in [1.54, 1.807) is 0 Å². The van der Waals surface area contributed by atoms with E-state index in [4.69, 9.17) is 0 Å². The number of halogens is 5. The zero-order valence-corrected chi connectivity index (χ0v) is 34.0. The van der Waals surface area contributed by atoms with E-state index in [0.717, 1.165) is 89.5 Å². The molecule has 0 spiro atoms. The number of hydrogen-bond acceptors (Lipinski definition) is 1. The van der Waals surface area contributed by atoms with Gasteiger partial charge in [-0.1, -0.05) is 147 Å². The second-order valence-corrected chi connectivity index (χ2v) is 17.7. The molecule has 302 valence electrons. The average Bonchev–Trinajstić information content (AvgIpc) is 3.51. The van der Waals surface area contributed by atoms with Crippen LogP contribution in [-0.2, 0) is 5.41 Å². The van der Waals surface area contributed by atoms with Crippen molar-refractivity contribution in [2.45, 2.75) is 50.5 Å². The van der Waals surface area contributed by atoms with Crippen LogP contribution in [0.3, 0.4) is 0 Å². The maximum Gasteiger partial charge on any atom is 0.200 e. The normalized spacial score (nSPS) is 18.7. The zero-order valence-electron chi connectivity index (χ0n) is 34.0. The van der Waals surface area contributed by atoms with Gasteiger partial charge in [0.05, 0.1) is 5.54 Å². The molecule has 12 rings (SSSR count). The van der Waals surface area contributed by atoms with Gasteiger partial charge in [-0.15, -0.1) is 0 Å². The fourth-order valence-electron chi connectivity index (χ4n) is 11.6. The van der Waals surface area contributed by atoms with Gasteiger partial charge in [-0.05, 0) is 131 Å². The molecule has 10 aromatic rings. The Hall–Kier alpha value is -6.79. The van der Waals surface area contributed by atoms with Crippen molar-refractivity contribution in [1.82, 2.24) is 0 Å². The Morgan fingerprint density at radius 3 is 1.65 bits per heavy atom. The summed E-state index contributed by atoms with van der Waals surface area (Å²) in [4.78, 5) is 1.42. The number of rotatable bonds is 4. The first-order chi connectivity index (χ1) is 30.1. The van der Waals surface area contributed by atoms with Crippen LogP contribution in [0.1, 0.15) is 45.1 Å². The van der Waals surface area contributed by atoms with Gasteiger partial charge >= 0.3 is 0 Å². The van der Waals surface area contributed by atoms with E-state index in [-0.39, 0.29) is 0 Å². The minimum absolute atomic E-state index is 0.454. The van der Waals surface area contributed by atoms with Crippen molar-refractivity contribution >= 4 is 65.2 Å². The molecule has 62 heavy (non-hydrogen) atoms. The van der Waals surface area contributed by atoms with Gasteiger partial charge in [-0.25, -0.2) is 22.0 Å². The fourth-order valence-corrected chi connectivity index (χ4v) is 11.6. The quantitative estimate of drug-likeness (QED) is 0.0740. The standard InChI is InChI=1S/C56H38F5N/c1-55-27-7-8-28-56(55,2)62(54-52(60)50(58)49(57)51(59)53(54)61)46-26-21-34(29-45(46)55)43-30-44(38-18-10-14-32-12-4-6-16-36(32)38)42-23-20-33-19-22-39(40-24-25-41(43)48(42)47(33)40)37-17-9-13-31-11-3-5-15-35(31)37/h3-6,9-26,29-30H,7-8,27-28H2,1-2H3. The van der Waals surface area contributed by atoms with Crippen LogP contribution in [-0.4, -0.2) is 5.54 Å². The van der Waals surface area contributed by atoms with Crippen LogP contribution >= 0.6 is 0 Å². The molecule has 1 heterocycles. The van der Waals surface area contributed by atoms with Gasteiger partial charge < -0.3 is 4.90 Å². The Bertz CT molecular complexity index is 3500. The molecule has 1 saturated carbocycles. The number of nitrogens with zero attached hydrogens (tertiary/aromatic N) is 1. The van der Waals surface area contributed by atoms with Gasteiger partial charge in [0.15, 0.2) is 23.3 Å². The summed E-state index contributed by atoms with van der Waals surface area (Å²) < 4.78 is 76.2. The number of anilines is 2. The summed E-state index contributed by atoms with van der Waals surface area (Å²) in [6.07, 6.45) is 2.81. The fraction of sp³-hybridized carbons (Fsp3) is 0.143. The minimum atomic E-state index is -2.16. The molecule has 0 N–H and O–H groups in total. The lowest BCUT2D eigenvalue weighted by atomic mass is 9.61. The highest BCUT2D eigenvalue weighted by Gasteiger charge is 2.59. The molecular weight excluding hydrogens is 782 g/mol. The van der Waals surface area contributed by atoms with Gasteiger partial charge in [0.2, 0.25) is 5.82 Å². The van der Waals surface area contributed by atoms with Crippen LogP contribution in [0.5, 0.6) is 0 Å². The van der Waals surface area contributed by atoms with Gasteiger partial charge in [-0.3, -0.25) is 0 Å². The summed E-state index contributed by atoms with van der Waals surface area (Å²) in [6.45, 7) is 3.99. The Labute approximate surface area is 355 Å². The Balaban J connectivity index is 1.16. The second kappa shape index (κ2) is 13.1. The van der Waals surface area contributed by atoms with E-state index in [1.807, 2.05) is 19.1 Å². The predicted octanol–water partition coefficient (Wildman–Crippen LogP) is 16.3. The first-order valence-electron chi connectivity index (χ1n) is 21.3. The third-order valence-electron chi connectivity index (χ3n) is 14.8. The minimum Gasteiger partial charge on any atom is -0.329 e. The molecule has 0 amide bonds. The van der Waals surface area contributed by atoms with Crippen molar-refractivity contribution in [1.29, 1.82) is 0 Å². The second-order valence-electron chi connectivity index (χ2n) is 17.7. The Morgan fingerprint density at radius 1 is 0.419 bits per heavy atom. The van der Waals surface area contributed by atoms with Crippen LogP contribution < -0.4 is 4.90 Å². The van der Waals surface area contributed by atoms with Gasteiger partial charge in [0.1, 0.15) is 5.69 Å². The van der Waals surface area contributed by atoms with Gasteiger partial charge in [0, 0.05) is 11.1 Å². The smallest absolute Gasteiger partial charge is 0.200 e. The molecule has 1 aliphatic carbocycles. The lowest BCUT2D eigenvalue weighted by Gasteiger charge is -2.50. The molecule has 1 fully saturated rings. The van der Waals surface area contributed by atoms with Crippen LogP contribution in [0.4, 0.5) is 33.3 Å². The van der Waals surface area contributed by atoms with Crippen molar-refractivity contribution in [3.05, 3.63) is 180 Å². The van der Waals surface area contributed by atoms with Crippen molar-refractivity contribution in [2.24, 2.45) is 0 Å². The maximum atomic E-state index is 15.9.